The lowest BCUT2D eigenvalue weighted by molar-refractivity contribution is 0.238. The van der Waals surface area contributed by atoms with Crippen molar-refractivity contribution in [3.05, 3.63) is 60.4 Å². The van der Waals surface area contributed by atoms with Gasteiger partial charge in [0.05, 0.1) is 24.3 Å². The van der Waals surface area contributed by atoms with E-state index in [2.05, 4.69) is 60.0 Å². The van der Waals surface area contributed by atoms with Crippen molar-refractivity contribution in [2.75, 3.05) is 78.7 Å². The van der Waals surface area contributed by atoms with Gasteiger partial charge in [0, 0.05) is 50.4 Å². The summed E-state index contributed by atoms with van der Waals surface area (Å²) in [5, 5.41) is 0. The molecule has 1 aromatic heterocycles. The number of hydrogen-bond donors (Lipinski definition) is 0. The van der Waals surface area contributed by atoms with E-state index in [0.29, 0.717) is 37.1 Å². The van der Waals surface area contributed by atoms with Crippen LogP contribution in [0, 0.1) is 5.82 Å². The lowest BCUT2D eigenvalue weighted by Gasteiger charge is -2.19. The van der Waals surface area contributed by atoms with Gasteiger partial charge in [-0.25, -0.2) is 9.37 Å². The summed E-state index contributed by atoms with van der Waals surface area (Å²) >= 11 is 0. The fourth-order valence-corrected chi connectivity index (χ4v) is 6.96. The monoisotopic (exact) mass is 731 g/mol. The van der Waals surface area contributed by atoms with Crippen molar-refractivity contribution in [1.82, 2.24) is 24.3 Å². The molecule has 0 bridgehead atoms. The third-order valence-electron chi connectivity index (χ3n) is 10.2. The number of unbranched alkanes of at least 4 members (excludes halogenated alkanes) is 1. The van der Waals surface area contributed by atoms with E-state index in [0.717, 1.165) is 125 Å². The van der Waals surface area contributed by atoms with E-state index in [-0.39, 0.29) is 5.82 Å². The molecule has 0 spiro atoms. The summed E-state index contributed by atoms with van der Waals surface area (Å²) in [4.78, 5) is 12.6. The van der Waals surface area contributed by atoms with Gasteiger partial charge in [0.25, 0.3) is 0 Å². The standard InChI is InChI=1S/C43H62FN5O4/c1-6-11-25-49-39-31-37(50-27-15-23-46(7-2)8-3)33-41(51-28-16-24-47(9-4)10-5)42(39)45-43(49)38-20-19-36(53-35-18-14-17-34(44)30-35)32-40(38)52-29-26-48-21-12-13-22-48/h14,17-20,30-33H,6-13,15-16,21-29H2,1-5H3. The van der Waals surface area contributed by atoms with Crippen LogP contribution in [0.1, 0.15) is 73.1 Å². The van der Waals surface area contributed by atoms with E-state index in [1.807, 2.05) is 24.3 Å². The zero-order valence-corrected chi connectivity index (χ0v) is 32.9. The van der Waals surface area contributed by atoms with Crippen LogP contribution in [0.4, 0.5) is 4.39 Å². The van der Waals surface area contributed by atoms with Crippen molar-refractivity contribution in [3.8, 4) is 40.1 Å². The van der Waals surface area contributed by atoms with Gasteiger partial charge in [0.15, 0.2) is 5.75 Å². The molecule has 1 fully saturated rings. The Morgan fingerprint density at radius 3 is 2.02 bits per heavy atom. The molecule has 2 heterocycles. The number of aromatic nitrogens is 2. The number of hydrogen-bond acceptors (Lipinski definition) is 8. The Morgan fingerprint density at radius 1 is 0.679 bits per heavy atom. The molecule has 4 aromatic rings. The second-order valence-electron chi connectivity index (χ2n) is 13.8. The summed E-state index contributed by atoms with van der Waals surface area (Å²) in [6, 6.07) is 16.2. The first kappa shape index (κ1) is 40.3. The van der Waals surface area contributed by atoms with Crippen molar-refractivity contribution in [3.63, 3.8) is 0 Å². The van der Waals surface area contributed by atoms with Crippen molar-refractivity contribution >= 4 is 11.0 Å². The minimum Gasteiger partial charge on any atom is -0.493 e. The van der Waals surface area contributed by atoms with E-state index in [1.54, 1.807) is 12.1 Å². The molecule has 0 aliphatic carbocycles. The molecule has 10 heteroatoms. The molecule has 0 saturated carbocycles. The maximum atomic E-state index is 14.0. The Morgan fingerprint density at radius 2 is 1.34 bits per heavy atom. The molecule has 0 unspecified atom stereocenters. The Hall–Kier alpha value is -3.86. The second kappa shape index (κ2) is 21.1. The van der Waals surface area contributed by atoms with Crippen LogP contribution in [0.25, 0.3) is 22.4 Å². The highest BCUT2D eigenvalue weighted by atomic mass is 19.1. The van der Waals surface area contributed by atoms with Gasteiger partial charge in [0.1, 0.15) is 46.8 Å². The topological polar surface area (TPSA) is 64.5 Å². The van der Waals surface area contributed by atoms with Crippen molar-refractivity contribution in [2.24, 2.45) is 0 Å². The van der Waals surface area contributed by atoms with Crippen LogP contribution in [0.2, 0.25) is 0 Å². The number of ether oxygens (including phenoxy) is 4. The maximum Gasteiger partial charge on any atom is 0.150 e. The van der Waals surface area contributed by atoms with Crippen molar-refractivity contribution in [1.29, 1.82) is 0 Å². The quantitative estimate of drug-likeness (QED) is 0.0662. The summed E-state index contributed by atoms with van der Waals surface area (Å²) in [7, 11) is 0. The van der Waals surface area contributed by atoms with Gasteiger partial charge >= 0.3 is 0 Å². The van der Waals surface area contributed by atoms with Crippen LogP contribution >= 0.6 is 0 Å². The number of aryl methyl sites for hydroxylation is 1. The van der Waals surface area contributed by atoms with Crippen LogP contribution in [0.15, 0.2) is 54.6 Å². The Labute approximate surface area is 317 Å². The number of fused-ring (bicyclic) bond motifs is 1. The van der Waals surface area contributed by atoms with Gasteiger partial charge in [-0.2, -0.15) is 0 Å². The Balaban J connectivity index is 1.52. The third-order valence-corrected chi connectivity index (χ3v) is 10.2. The van der Waals surface area contributed by atoms with Crippen molar-refractivity contribution < 1.29 is 23.3 Å². The normalized spacial score (nSPS) is 13.4. The summed E-state index contributed by atoms with van der Waals surface area (Å²) < 4.78 is 42.0. The van der Waals surface area contributed by atoms with E-state index < -0.39 is 0 Å². The van der Waals surface area contributed by atoms with E-state index in [9.17, 15) is 4.39 Å². The zero-order valence-electron chi connectivity index (χ0n) is 32.9. The molecule has 5 rings (SSSR count). The van der Waals surface area contributed by atoms with Gasteiger partial charge in [-0.05, 0) is 95.6 Å². The molecular weight excluding hydrogens is 670 g/mol. The summed E-state index contributed by atoms with van der Waals surface area (Å²) in [5.41, 5.74) is 2.67. The molecule has 9 nitrogen and oxygen atoms in total. The average Bonchev–Trinajstić information content (AvgIpc) is 3.82. The molecule has 3 aromatic carbocycles. The fraction of sp³-hybridized carbons (Fsp3) is 0.558. The third kappa shape index (κ3) is 11.6. The van der Waals surface area contributed by atoms with Gasteiger partial charge < -0.3 is 33.3 Å². The number of imidazole rings is 1. The van der Waals surface area contributed by atoms with Crippen LogP contribution in [-0.2, 0) is 6.54 Å². The maximum absolute atomic E-state index is 14.0. The predicted molar refractivity (Wildman–Crippen MR) is 214 cm³/mol. The van der Waals surface area contributed by atoms with Gasteiger partial charge in [-0.1, -0.05) is 47.1 Å². The molecule has 290 valence electrons. The van der Waals surface area contributed by atoms with E-state index >= 15 is 0 Å². The van der Waals surface area contributed by atoms with Crippen molar-refractivity contribution in [2.45, 2.75) is 79.7 Å². The molecule has 0 radical (unpaired) electrons. The Bertz CT molecular complexity index is 1680. The van der Waals surface area contributed by atoms with Crippen LogP contribution in [0.5, 0.6) is 28.7 Å². The first-order valence-electron chi connectivity index (χ1n) is 20.1. The first-order chi connectivity index (χ1) is 26.0. The van der Waals surface area contributed by atoms with E-state index in [1.165, 1.54) is 25.0 Å². The first-order valence-corrected chi connectivity index (χ1v) is 20.1. The minimum absolute atomic E-state index is 0.343. The highest BCUT2D eigenvalue weighted by Gasteiger charge is 2.22. The van der Waals surface area contributed by atoms with Crippen LogP contribution < -0.4 is 18.9 Å². The lowest BCUT2D eigenvalue weighted by atomic mass is 10.1. The largest absolute Gasteiger partial charge is 0.493 e. The van der Waals surface area contributed by atoms with Gasteiger partial charge in [-0.15, -0.1) is 0 Å². The summed E-state index contributed by atoms with van der Waals surface area (Å²) in [5.74, 6) is 3.69. The number of benzene rings is 3. The second-order valence-corrected chi connectivity index (χ2v) is 13.8. The molecule has 1 aliphatic rings. The molecular formula is C43H62FN5O4. The molecule has 53 heavy (non-hydrogen) atoms. The highest BCUT2D eigenvalue weighted by molar-refractivity contribution is 5.88. The number of rotatable bonds is 24. The average molecular weight is 732 g/mol. The fourth-order valence-electron chi connectivity index (χ4n) is 6.96. The molecule has 0 atom stereocenters. The lowest BCUT2D eigenvalue weighted by Crippen LogP contribution is -2.25. The number of halogens is 1. The summed E-state index contributed by atoms with van der Waals surface area (Å²) in [6.07, 6.45) is 6.34. The van der Waals surface area contributed by atoms with E-state index in [4.69, 9.17) is 23.9 Å². The highest BCUT2D eigenvalue weighted by Crippen LogP contribution is 2.40. The van der Waals surface area contributed by atoms with Gasteiger partial charge in [-0.3, -0.25) is 4.90 Å². The molecule has 1 saturated heterocycles. The molecule has 0 N–H and O–H groups in total. The van der Waals surface area contributed by atoms with Gasteiger partial charge in [0.2, 0.25) is 0 Å². The summed E-state index contributed by atoms with van der Waals surface area (Å²) in [6.45, 7) is 22.7. The van der Waals surface area contributed by atoms with Crippen LogP contribution in [0.3, 0.4) is 0 Å². The molecule has 1 aliphatic heterocycles. The Kier molecular flexibility index (Phi) is 16.1. The van der Waals surface area contributed by atoms with Crippen LogP contribution in [-0.4, -0.2) is 103 Å². The number of nitrogens with zero attached hydrogens (tertiary/aromatic N) is 5. The number of likely N-dealkylation sites (tertiary alicyclic amines) is 1. The SMILES string of the molecule is CCCCn1c(-c2ccc(Oc3cccc(F)c3)cc2OCCN2CCCC2)nc2c(OCCCN(CC)CC)cc(OCCCN(CC)CC)cc21. The molecule has 0 amide bonds. The predicted octanol–water partition coefficient (Wildman–Crippen LogP) is 9.13. The minimum atomic E-state index is -0.343. The smallest absolute Gasteiger partial charge is 0.150 e. The zero-order chi connectivity index (χ0) is 37.4.